The Kier molecular flexibility index (Phi) is 4.76. The van der Waals surface area contributed by atoms with Crippen LogP contribution in [0.2, 0.25) is 10.0 Å². The number of rotatable bonds is 3. The Bertz CT molecular complexity index is 904. The molecule has 25 heavy (non-hydrogen) atoms. The molecular formula is C19H18Cl2N2OS. The molecule has 1 aliphatic heterocycles. The van der Waals surface area contributed by atoms with E-state index in [0.29, 0.717) is 16.5 Å². The predicted molar refractivity (Wildman–Crippen MR) is 106 cm³/mol. The number of thiazole rings is 1. The molecule has 4 rings (SSSR count). The van der Waals surface area contributed by atoms with E-state index in [0.717, 1.165) is 42.1 Å². The van der Waals surface area contributed by atoms with E-state index in [4.69, 9.17) is 23.2 Å². The Hall–Kier alpha value is -1.49. The molecule has 3 nitrogen and oxygen atoms in total. The fourth-order valence-corrected chi connectivity index (χ4v) is 4.88. The van der Waals surface area contributed by atoms with Gasteiger partial charge in [-0.1, -0.05) is 29.3 Å². The number of fused-ring (bicyclic) bond motifs is 1. The van der Waals surface area contributed by atoms with Crippen molar-refractivity contribution in [1.29, 1.82) is 0 Å². The molecule has 130 valence electrons. The second-order valence-corrected chi connectivity index (χ2v) is 8.20. The first-order chi connectivity index (χ1) is 12.1. The molecule has 1 fully saturated rings. The minimum absolute atomic E-state index is 0.257. The Morgan fingerprint density at radius 2 is 1.96 bits per heavy atom. The van der Waals surface area contributed by atoms with Crippen LogP contribution < -0.4 is 4.90 Å². The molecule has 6 heteroatoms. The van der Waals surface area contributed by atoms with Crippen LogP contribution in [0.5, 0.6) is 5.75 Å². The van der Waals surface area contributed by atoms with Crippen LogP contribution >= 0.6 is 34.5 Å². The first kappa shape index (κ1) is 17.0. The van der Waals surface area contributed by atoms with Gasteiger partial charge >= 0.3 is 0 Å². The Balaban J connectivity index is 1.46. The van der Waals surface area contributed by atoms with Gasteiger partial charge in [-0.3, -0.25) is 0 Å². The maximum Gasteiger partial charge on any atom is 0.142 e. The Morgan fingerprint density at radius 3 is 2.72 bits per heavy atom. The summed E-state index contributed by atoms with van der Waals surface area (Å²) < 4.78 is 1.07. The summed E-state index contributed by atoms with van der Waals surface area (Å²) in [4.78, 5) is 6.68. The van der Waals surface area contributed by atoms with Crippen molar-refractivity contribution in [3.63, 3.8) is 0 Å². The van der Waals surface area contributed by atoms with Gasteiger partial charge in [0.05, 0.1) is 15.9 Å². The molecule has 2 heterocycles. The molecule has 2 aromatic carbocycles. The molecule has 3 aromatic rings. The summed E-state index contributed by atoms with van der Waals surface area (Å²) in [5.74, 6) is 0.885. The highest BCUT2D eigenvalue weighted by Gasteiger charge is 2.22. The van der Waals surface area contributed by atoms with Gasteiger partial charge in [0.1, 0.15) is 11.3 Å². The highest BCUT2D eigenvalue weighted by atomic mass is 35.5. The lowest BCUT2D eigenvalue weighted by molar-refractivity contribution is 0.404. The van der Waals surface area contributed by atoms with Crippen molar-refractivity contribution in [3.8, 4) is 5.75 Å². The first-order valence-corrected chi connectivity index (χ1v) is 9.99. The zero-order valence-corrected chi connectivity index (χ0v) is 15.9. The van der Waals surface area contributed by atoms with Gasteiger partial charge < -0.3 is 10.0 Å². The summed E-state index contributed by atoms with van der Waals surface area (Å²) in [5.41, 5.74) is 4.86. The predicted octanol–water partition coefficient (Wildman–Crippen LogP) is 5.77. The lowest BCUT2D eigenvalue weighted by atomic mass is 9.90. The van der Waals surface area contributed by atoms with Crippen molar-refractivity contribution in [3.05, 3.63) is 51.5 Å². The van der Waals surface area contributed by atoms with Crippen LogP contribution in [0, 0.1) is 5.92 Å². The van der Waals surface area contributed by atoms with Gasteiger partial charge in [-0.2, -0.15) is 0 Å². The standard InChI is InChI=1S/C19H18Cl2N2OS/c20-14-2-1-13(15(21)10-14)9-12-5-7-23(8-6-12)16-3-4-17(24)18-19(16)25-11-22-18/h1-4,10-12,24H,5-9H2. The molecule has 0 saturated carbocycles. The molecule has 1 aliphatic rings. The summed E-state index contributed by atoms with van der Waals surface area (Å²) in [6, 6.07) is 9.53. The van der Waals surface area contributed by atoms with E-state index in [1.807, 2.05) is 24.3 Å². The smallest absolute Gasteiger partial charge is 0.142 e. The minimum Gasteiger partial charge on any atom is -0.506 e. The molecule has 0 amide bonds. The third-order valence-electron chi connectivity index (χ3n) is 4.92. The maximum absolute atomic E-state index is 9.94. The van der Waals surface area contributed by atoms with E-state index in [9.17, 15) is 5.11 Å². The van der Waals surface area contributed by atoms with Gasteiger partial charge in [0.2, 0.25) is 0 Å². The monoisotopic (exact) mass is 392 g/mol. The van der Waals surface area contributed by atoms with E-state index in [-0.39, 0.29) is 5.75 Å². The van der Waals surface area contributed by atoms with E-state index >= 15 is 0 Å². The number of piperidine rings is 1. The number of aromatic nitrogens is 1. The summed E-state index contributed by atoms with van der Waals surface area (Å²) in [6.45, 7) is 2.02. The van der Waals surface area contributed by atoms with Gasteiger partial charge in [-0.05, 0) is 55.0 Å². The normalized spacial score (nSPS) is 15.8. The van der Waals surface area contributed by atoms with Crippen molar-refractivity contribution in [1.82, 2.24) is 4.98 Å². The number of aromatic hydroxyl groups is 1. The number of hydrogen-bond donors (Lipinski definition) is 1. The first-order valence-electron chi connectivity index (χ1n) is 8.36. The number of hydrogen-bond acceptors (Lipinski definition) is 4. The Labute approximate surface area is 160 Å². The van der Waals surface area contributed by atoms with Crippen molar-refractivity contribution in [2.45, 2.75) is 19.3 Å². The van der Waals surface area contributed by atoms with Crippen LogP contribution in [0.15, 0.2) is 35.8 Å². The van der Waals surface area contributed by atoms with Crippen LogP contribution in [-0.4, -0.2) is 23.2 Å². The fourth-order valence-electron chi connectivity index (χ4n) is 3.55. The fraction of sp³-hybridized carbons (Fsp3) is 0.316. The molecule has 0 radical (unpaired) electrons. The summed E-state index contributed by atoms with van der Waals surface area (Å²) >= 11 is 13.9. The second kappa shape index (κ2) is 7.02. The second-order valence-electron chi connectivity index (χ2n) is 6.50. The molecule has 0 bridgehead atoms. The quantitative estimate of drug-likeness (QED) is 0.614. The largest absolute Gasteiger partial charge is 0.506 e. The van der Waals surface area contributed by atoms with Crippen LogP contribution in [0.25, 0.3) is 10.2 Å². The zero-order valence-electron chi connectivity index (χ0n) is 13.6. The highest BCUT2D eigenvalue weighted by Crippen LogP contribution is 2.37. The molecule has 0 aliphatic carbocycles. The van der Waals surface area contributed by atoms with Crippen molar-refractivity contribution < 1.29 is 5.11 Å². The molecule has 1 N–H and O–H groups in total. The maximum atomic E-state index is 9.94. The lowest BCUT2D eigenvalue weighted by Gasteiger charge is -2.34. The van der Waals surface area contributed by atoms with Gasteiger partial charge in [-0.25, -0.2) is 4.98 Å². The van der Waals surface area contributed by atoms with Gasteiger partial charge in [0.15, 0.2) is 0 Å². The van der Waals surface area contributed by atoms with Crippen LogP contribution in [-0.2, 0) is 6.42 Å². The highest BCUT2D eigenvalue weighted by molar-refractivity contribution is 7.17. The molecule has 1 saturated heterocycles. The van der Waals surface area contributed by atoms with Crippen molar-refractivity contribution >= 4 is 50.4 Å². The van der Waals surface area contributed by atoms with Crippen LogP contribution in [0.3, 0.4) is 0 Å². The van der Waals surface area contributed by atoms with Gasteiger partial charge in [0, 0.05) is 23.1 Å². The van der Waals surface area contributed by atoms with Crippen LogP contribution in [0.4, 0.5) is 5.69 Å². The van der Waals surface area contributed by atoms with Gasteiger partial charge in [0.25, 0.3) is 0 Å². The van der Waals surface area contributed by atoms with E-state index < -0.39 is 0 Å². The number of phenols is 1. The topological polar surface area (TPSA) is 36.4 Å². The number of anilines is 1. The van der Waals surface area contributed by atoms with Crippen molar-refractivity contribution in [2.75, 3.05) is 18.0 Å². The molecule has 1 aromatic heterocycles. The Morgan fingerprint density at radius 1 is 1.16 bits per heavy atom. The minimum atomic E-state index is 0.257. The average Bonchev–Trinajstić information content (AvgIpc) is 3.09. The lowest BCUT2D eigenvalue weighted by Crippen LogP contribution is -2.34. The number of benzene rings is 2. The van der Waals surface area contributed by atoms with E-state index in [2.05, 4.69) is 9.88 Å². The van der Waals surface area contributed by atoms with E-state index in [1.165, 1.54) is 11.3 Å². The van der Waals surface area contributed by atoms with Gasteiger partial charge in [-0.15, -0.1) is 11.3 Å². The molecule has 0 unspecified atom stereocenters. The van der Waals surface area contributed by atoms with Crippen LogP contribution in [0.1, 0.15) is 18.4 Å². The molecular weight excluding hydrogens is 375 g/mol. The third-order valence-corrected chi connectivity index (χ3v) is 6.36. The SMILES string of the molecule is Oc1ccc(N2CCC(Cc3ccc(Cl)cc3Cl)CC2)c2scnc12. The summed E-state index contributed by atoms with van der Waals surface area (Å²) in [5, 5.41) is 11.4. The number of halogens is 2. The number of phenolic OH excluding ortho intramolecular Hbond substituents is 1. The molecule has 0 spiro atoms. The number of nitrogens with zero attached hydrogens (tertiary/aromatic N) is 2. The third kappa shape index (κ3) is 3.43. The molecule has 0 atom stereocenters. The van der Waals surface area contributed by atoms with E-state index in [1.54, 1.807) is 22.9 Å². The summed E-state index contributed by atoms with van der Waals surface area (Å²) in [6.07, 6.45) is 3.25. The summed E-state index contributed by atoms with van der Waals surface area (Å²) in [7, 11) is 0. The zero-order chi connectivity index (χ0) is 17.4. The average molecular weight is 393 g/mol. The van der Waals surface area contributed by atoms with Crippen molar-refractivity contribution in [2.24, 2.45) is 5.92 Å².